The number of halogens is 6. The molecule has 0 radical (unpaired) electrons. The van der Waals surface area contributed by atoms with Gasteiger partial charge >= 0.3 is 12.4 Å². The highest BCUT2D eigenvalue weighted by molar-refractivity contribution is 5.81. The van der Waals surface area contributed by atoms with Crippen molar-refractivity contribution in [2.75, 3.05) is 0 Å². The van der Waals surface area contributed by atoms with Gasteiger partial charge < -0.3 is 10.1 Å². The number of H-pyrrole nitrogens is 1. The molecule has 9 heteroatoms. The third-order valence-corrected chi connectivity index (χ3v) is 2.15. The van der Waals surface area contributed by atoms with Crippen molar-refractivity contribution >= 4 is 11.0 Å². The van der Waals surface area contributed by atoms with Crippen molar-refractivity contribution in [1.29, 1.82) is 0 Å². The number of hydrogen-bond acceptors (Lipinski definition) is 2. The van der Waals surface area contributed by atoms with E-state index >= 15 is 0 Å². The number of phenols is 1. The predicted molar refractivity (Wildman–Crippen MR) is 47.8 cm³/mol. The number of aromatic amines is 1. The van der Waals surface area contributed by atoms with Crippen molar-refractivity contribution < 1.29 is 31.4 Å². The van der Waals surface area contributed by atoms with Crippen LogP contribution in [-0.4, -0.2) is 15.1 Å². The zero-order valence-corrected chi connectivity index (χ0v) is 8.32. The van der Waals surface area contributed by atoms with E-state index in [0.29, 0.717) is 6.07 Å². The summed E-state index contributed by atoms with van der Waals surface area (Å²) in [5, 5.41) is 9.05. The maximum atomic E-state index is 12.6. The van der Waals surface area contributed by atoms with E-state index in [-0.39, 0.29) is 0 Å². The summed E-state index contributed by atoms with van der Waals surface area (Å²) in [5.74, 6) is -2.36. The van der Waals surface area contributed by atoms with Crippen molar-refractivity contribution in [2.24, 2.45) is 0 Å². The quantitative estimate of drug-likeness (QED) is 0.721. The first kappa shape index (κ1) is 12.5. The average molecular weight is 270 g/mol. The minimum Gasteiger partial charge on any atom is -0.508 e. The van der Waals surface area contributed by atoms with Crippen LogP contribution in [0.5, 0.6) is 5.75 Å². The first-order valence-electron chi connectivity index (χ1n) is 4.46. The molecule has 0 saturated carbocycles. The summed E-state index contributed by atoms with van der Waals surface area (Å²) in [6.07, 6.45) is -9.79. The molecule has 0 aliphatic heterocycles. The molecule has 0 bridgehead atoms. The predicted octanol–water partition coefficient (Wildman–Crippen LogP) is 3.31. The summed E-state index contributed by atoms with van der Waals surface area (Å²) in [6.45, 7) is 0. The third kappa shape index (κ3) is 2.07. The second-order valence-corrected chi connectivity index (χ2v) is 3.47. The van der Waals surface area contributed by atoms with Crippen molar-refractivity contribution in [2.45, 2.75) is 12.4 Å². The molecule has 2 aromatic rings. The molecule has 3 nitrogen and oxygen atoms in total. The highest BCUT2D eigenvalue weighted by Crippen LogP contribution is 2.38. The molecule has 98 valence electrons. The van der Waals surface area contributed by atoms with Crippen LogP contribution in [0, 0.1) is 0 Å². The number of fused-ring (bicyclic) bond motifs is 1. The molecule has 0 aliphatic carbocycles. The number of hydrogen-bond donors (Lipinski definition) is 2. The van der Waals surface area contributed by atoms with E-state index in [1.165, 1.54) is 0 Å². The van der Waals surface area contributed by atoms with Gasteiger partial charge in [-0.1, -0.05) is 0 Å². The zero-order chi connectivity index (χ0) is 13.7. The molecule has 0 fully saturated rings. The number of alkyl halides is 6. The molecular weight excluding hydrogens is 266 g/mol. The van der Waals surface area contributed by atoms with Gasteiger partial charge in [0.2, 0.25) is 5.82 Å². The van der Waals surface area contributed by atoms with Crippen molar-refractivity contribution in [3.05, 3.63) is 23.5 Å². The molecule has 2 N–H and O–H groups in total. The van der Waals surface area contributed by atoms with Gasteiger partial charge in [0.05, 0.1) is 16.6 Å². The first-order chi connectivity index (χ1) is 8.09. The van der Waals surface area contributed by atoms with Crippen LogP contribution >= 0.6 is 0 Å². The fraction of sp³-hybridized carbons (Fsp3) is 0.222. The maximum absolute atomic E-state index is 12.6. The number of phenolic OH excluding ortho intramolecular Hbond substituents is 1. The Balaban J connectivity index is 2.76. The van der Waals surface area contributed by atoms with Crippen LogP contribution in [0.3, 0.4) is 0 Å². The molecular formula is C9H4F6N2O. The van der Waals surface area contributed by atoms with Gasteiger partial charge in [-0.05, 0) is 6.07 Å². The fourth-order valence-corrected chi connectivity index (χ4v) is 1.46. The number of aromatic hydroxyl groups is 1. The molecule has 2 rings (SSSR count). The third-order valence-electron chi connectivity index (χ3n) is 2.15. The molecule has 1 heterocycles. The number of rotatable bonds is 0. The van der Waals surface area contributed by atoms with E-state index in [1.54, 1.807) is 4.98 Å². The smallest absolute Gasteiger partial charge is 0.449 e. The van der Waals surface area contributed by atoms with Gasteiger partial charge in [-0.2, -0.15) is 26.3 Å². The largest absolute Gasteiger partial charge is 0.508 e. The normalized spacial score (nSPS) is 13.2. The number of nitrogens with zero attached hydrogens (tertiary/aromatic N) is 1. The topological polar surface area (TPSA) is 48.9 Å². The fourth-order valence-electron chi connectivity index (χ4n) is 1.46. The van der Waals surface area contributed by atoms with E-state index in [2.05, 4.69) is 4.98 Å². The van der Waals surface area contributed by atoms with Crippen LogP contribution in [0.2, 0.25) is 0 Å². The van der Waals surface area contributed by atoms with Crippen molar-refractivity contribution in [3.63, 3.8) is 0 Å². The Morgan fingerprint density at radius 1 is 1.00 bits per heavy atom. The molecule has 1 aromatic carbocycles. The van der Waals surface area contributed by atoms with Gasteiger partial charge in [-0.15, -0.1) is 0 Å². The van der Waals surface area contributed by atoms with Gasteiger partial charge in [0.25, 0.3) is 0 Å². The Hall–Kier alpha value is -1.93. The summed E-state index contributed by atoms with van der Waals surface area (Å²) in [7, 11) is 0. The lowest BCUT2D eigenvalue weighted by Gasteiger charge is -2.07. The number of benzene rings is 1. The highest BCUT2D eigenvalue weighted by atomic mass is 19.4. The molecule has 0 spiro atoms. The van der Waals surface area contributed by atoms with Gasteiger partial charge in [0, 0.05) is 6.07 Å². The zero-order valence-electron chi connectivity index (χ0n) is 8.32. The van der Waals surface area contributed by atoms with Gasteiger partial charge in [0.1, 0.15) is 5.75 Å². The van der Waals surface area contributed by atoms with E-state index in [1.807, 2.05) is 0 Å². The molecule has 18 heavy (non-hydrogen) atoms. The summed E-state index contributed by atoms with van der Waals surface area (Å²) < 4.78 is 74.6. The summed E-state index contributed by atoms with van der Waals surface area (Å²) in [5.41, 5.74) is -2.82. The molecule has 1 aromatic heterocycles. The van der Waals surface area contributed by atoms with Crippen LogP contribution in [0.15, 0.2) is 12.1 Å². The van der Waals surface area contributed by atoms with Crippen LogP contribution in [0.1, 0.15) is 11.4 Å². The summed E-state index contributed by atoms with van der Waals surface area (Å²) in [6, 6.07) is 1.05. The summed E-state index contributed by atoms with van der Waals surface area (Å²) in [4.78, 5) is 4.55. The molecule has 0 atom stereocenters. The van der Waals surface area contributed by atoms with E-state index in [0.717, 1.165) is 6.07 Å². The Morgan fingerprint density at radius 3 is 2.11 bits per heavy atom. The van der Waals surface area contributed by atoms with E-state index in [9.17, 15) is 26.3 Å². The Bertz CT molecular complexity index is 597. The average Bonchev–Trinajstić information content (AvgIpc) is 2.57. The van der Waals surface area contributed by atoms with E-state index in [4.69, 9.17) is 5.11 Å². The van der Waals surface area contributed by atoms with Gasteiger partial charge in [-0.3, -0.25) is 0 Å². The van der Waals surface area contributed by atoms with E-state index < -0.39 is 40.5 Å². The van der Waals surface area contributed by atoms with Crippen molar-refractivity contribution in [1.82, 2.24) is 9.97 Å². The number of nitrogens with one attached hydrogen (secondary N) is 1. The number of imidazole rings is 1. The Labute approximate surface area is 95.1 Å². The number of aromatic nitrogens is 2. The molecule has 0 amide bonds. The van der Waals surface area contributed by atoms with Crippen LogP contribution < -0.4 is 0 Å². The minimum atomic E-state index is -4.90. The SMILES string of the molecule is Oc1cc(C(F)(F)F)c2[nH]c(C(F)(F)F)nc2c1. The minimum absolute atomic E-state index is 0.334. The molecule has 0 unspecified atom stereocenters. The van der Waals surface area contributed by atoms with Gasteiger partial charge in [0.15, 0.2) is 0 Å². The highest BCUT2D eigenvalue weighted by Gasteiger charge is 2.38. The standard InChI is InChI=1S/C9H4F6N2O/c10-8(11,12)4-1-3(18)2-5-6(4)17-7(16-5)9(13,14)15/h1-2,18H,(H,16,17). The second-order valence-electron chi connectivity index (χ2n) is 3.47. The monoisotopic (exact) mass is 270 g/mol. The van der Waals surface area contributed by atoms with Crippen molar-refractivity contribution in [3.8, 4) is 5.75 Å². The second kappa shape index (κ2) is 3.53. The lowest BCUT2D eigenvalue weighted by atomic mass is 10.1. The van der Waals surface area contributed by atoms with Crippen LogP contribution in [0.25, 0.3) is 11.0 Å². The lowest BCUT2D eigenvalue weighted by molar-refractivity contribution is -0.144. The molecule has 0 saturated heterocycles. The first-order valence-corrected chi connectivity index (χ1v) is 4.46. The van der Waals surface area contributed by atoms with Gasteiger partial charge in [-0.25, -0.2) is 4.98 Å². The maximum Gasteiger partial charge on any atom is 0.449 e. The Morgan fingerprint density at radius 2 is 1.61 bits per heavy atom. The van der Waals surface area contributed by atoms with Crippen LogP contribution in [-0.2, 0) is 12.4 Å². The van der Waals surface area contributed by atoms with Crippen LogP contribution in [0.4, 0.5) is 26.3 Å². The Kier molecular flexibility index (Phi) is 2.46. The molecule has 0 aliphatic rings. The summed E-state index contributed by atoms with van der Waals surface area (Å²) >= 11 is 0. The lowest BCUT2D eigenvalue weighted by Crippen LogP contribution is -2.08.